The van der Waals surface area contributed by atoms with E-state index in [2.05, 4.69) is 27.9 Å². The second-order valence-electron chi connectivity index (χ2n) is 5.52. The number of carbonyl (C=O) groups excluding carboxylic acids is 3. The van der Waals surface area contributed by atoms with Crippen LogP contribution in [0.3, 0.4) is 0 Å². The zero-order valence-corrected chi connectivity index (χ0v) is 16.6. The second-order valence-corrected chi connectivity index (χ2v) is 7.58. The van der Waals surface area contributed by atoms with Crippen molar-refractivity contribution in [3.63, 3.8) is 0 Å². The molecule has 1 aliphatic rings. The van der Waals surface area contributed by atoms with E-state index in [-0.39, 0.29) is 27.7 Å². The summed E-state index contributed by atoms with van der Waals surface area (Å²) in [7, 11) is 0. The number of benzene rings is 2. The minimum absolute atomic E-state index is 0.151. The highest BCUT2D eigenvalue weighted by Gasteiger charge is 2.37. The monoisotopic (exact) mass is 488 g/mol. The third-order valence-corrected chi connectivity index (χ3v) is 5.17. The van der Waals surface area contributed by atoms with E-state index in [0.717, 1.165) is 14.0 Å². The lowest BCUT2D eigenvalue weighted by atomic mass is 10.1. The van der Waals surface area contributed by atoms with Crippen LogP contribution in [-0.2, 0) is 4.79 Å². The molecular weight excluding hydrogens is 478 g/mol. The van der Waals surface area contributed by atoms with Crippen LogP contribution in [0.15, 0.2) is 30.3 Å². The number of aryl methyl sites for hydroxylation is 1. The molecule has 3 rings (SSSR count). The Hall–Kier alpha value is -1.64. The first-order valence-corrected chi connectivity index (χ1v) is 9.02. The highest BCUT2D eigenvalue weighted by molar-refractivity contribution is 14.1. The molecule has 0 bridgehead atoms. The van der Waals surface area contributed by atoms with E-state index in [1.54, 1.807) is 6.07 Å². The molecule has 3 amide bonds. The number of nitrogens with one attached hydrogen (secondary N) is 1. The number of imide groups is 1. The second kappa shape index (κ2) is 6.93. The lowest BCUT2D eigenvalue weighted by Gasteiger charge is -2.14. The molecule has 1 aliphatic heterocycles. The van der Waals surface area contributed by atoms with Gasteiger partial charge in [-0.2, -0.15) is 0 Å². The predicted octanol–water partition coefficient (Wildman–Crippen LogP) is 4.14. The Morgan fingerprint density at radius 1 is 1.08 bits per heavy atom. The molecule has 0 aromatic heterocycles. The smallest absolute Gasteiger partial charge is 0.262 e. The van der Waals surface area contributed by atoms with Crippen molar-refractivity contribution < 1.29 is 14.4 Å². The van der Waals surface area contributed by atoms with Gasteiger partial charge in [0.15, 0.2) is 0 Å². The van der Waals surface area contributed by atoms with Crippen LogP contribution in [0.5, 0.6) is 0 Å². The average Bonchev–Trinajstić information content (AvgIpc) is 2.76. The highest BCUT2D eigenvalue weighted by atomic mass is 127. The van der Waals surface area contributed by atoms with Gasteiger partial charge in [0, 0.05) is 9.26 Å². The molecule has 0 radical (unpaired) electrons. The van der Waals surface area contributed by atoms with Gasteiger partial charge < -0.3 is 5.32 Å². The van der Waals surface area contributed by atoms with Gasteiger partial charge in [0.25, 0.3) is 11.8 Å². The molecule has 2 aromatic carbocycles. The molecule has 0 aliphatic carbocycles. The number of rotatable bonds is 3. The van der Waals surface area contributed by atoms with Crippen molar-refractivity contribution in [2.45, 2.75) is 6.92 Å². The highest BCUT2D eigenvalue weighted by Crippen LogP contribution is 2.31. The fourth-order valence-corrected chi connectivity index (χ4v) is 3.50. The molecule has 128 valence electrons. The molecule has 0 saturated carbocycles. The lowest BCUT2D eigenvalue weighted by Crippen LogP contribution is -2.37. The van der Waals surface area contributed by atoms with Gasteiger partial charge >= 0.3 is 0 Å². The number of fused-ring (bicyclic) bond motifs is 1. The quantitative estimate of drug-likeness (QED) is 0.521. The van der Waals surface area contributed by atoms with Crippen molar-refractivity contribution in [3.05, 3.63) is 60.6 Å². The number of halogens is 3. The van der Waals surface area contributed by atoms with Crippen LogP contribution in [0, 0.1) is 10.5 Å². The van der Waals surface area contributed by atoms with Crippen LogP contribution in [0.1, 0.15) is 26.3 Å². The number of nitrogens with zero attached hydrogens (tertiary/aromatic N) is 1. The largest absolute Gasteiger partial charge is 0.324 e. The Kier molecular flexibility index (Phi) is 5.04. The zero-order chi connectivity index (χ0) is 18.3. The molecule has 0 spiro atoms. The fraction of sp³-hybridized carbons (Fsp3) is 0.118. The van der Waals surface area contributed by atoms with E-state index in [9.17, 15) is 14.4 Å². The Morgan fingerprint density at radius 3 is 2.16 bits per heavy atom. The summed E-state index contributed by atoms with van der Waals surface area (Å²) in [6.07, 6.45) is 0. The first-order valence-electron chi connectivity index (χ1n) is 7.19. The van der Waals surface area contributed by atoms with E-state index in [0.29, 0.717) is 5.69 Å². The minimum atomic E-state index is -0.562. The maximum absolute atomic E-state index is 12.4. The first-order chi connectivity index (χ1) is 11.8. The number of carbonyl (C=O) groups is 3. The Labute approximate surface area is 167 Å². The van der Waals surface area contributed by atoms with Gasteiger partial charge in [0.1, 0.15) is 6.54 Å². The van der Waals surface area contributed by atoms with Gasteiger partial charge in [-0.15, -0.1) is 0 Å². The van der Waals surface area contributed by atoms with Crippen molar-refractivity contribution in [3.8, 4) is 0 Å². The zero-order valence-electron chi connectivity index (χ0n) is 12.9. The topological polar surface area (TPSA) is 66.5 Å². The minimum Gasteiger partial charge on any atom is -0.324 e. The van der Waals surface area contributed by atoms with E-state index >= 15 is 0 Å². The maximum atomic E-state index is 12.4. The van der Waals surface area contributed by atoms with Crippen LogP contribution >= 0.6 is 45.8 Å². The third-order valence-electron chi connectivity index (χ3n) is 3.78. The molecule has 8 heteroatoms. The van der Waals surface area contributed by atoms with Crippen molar-refractivity contribution in [1.29, 1.82) is 0 Å². The number of amides is 3. The normalized spacial score (nSPS) is 13.2. The molecule has 0 saturated heterocycles. The van der Waals surface area contributed by atoms with Gasteiger partial charge in [-0.05, 0) is 65.4 Å². The summed E-state index contributed by atoms with van der Waals surface area (Å²) in [5, 5.41) is 3.08. The van der Waals surface area contributed by atoms with Crippen LogP contribution < -0.4 is 5.32 Å². The van der Waals surface area contributed by atoms with Gasteiger partial charge in [-0.25, -0.2) is 0 Å². The molecule has 25 heavy (non-hydrogen) atoms. The van der Waals surface area contributed by atoms with E-state index in [1.165, 1.54) is 12.1 Å². The van der Waals surface area contributed by atoms with Crippen molar-refractivity contribution in [1.82, 2.24) is 4.90 Å². The van der Waals surface area contributed by atoms with Crippen LogP contribution in [0.4, 0.5) is 5.69 Å². The molecule has 5 nitrogen and oxygen atoms in total. The molecule has 1 N–H and O–H groups in total. The summed E-state index contributed by atoms with van der Waals surface area (Å²) in [6, 6.07) is 8.25. The number of hydrogen-bond acceptors (Lipinski definition) is 3. The summed E-state index contributed by atoms with van der Waals surface area (Å²) in [5.74, 6) is -1.59. The molecule has 0 fully saturated rings. The first kappa shape index (κ1) is 18.2. The Morgan fingerprint density at radius 2 is 1.64 bits per heavy atom. The Balaban J connectivity index is 1.78. The predicted molar refractivity (Wildman–Crippen MR) is 104 cm³/mol. The van der Waals surface area contributed by atoms with E-state index < -0.39 is 17.7 Å². The maximum Gasteiger partial charge on any atom is 0.262 e. The van der Waals surface area contributed by atoms with Gasteiger partial charge in [-0.3, -0.25) is 19.3 Å². The van der Waals surface area contributed by atoms with Crippen molar-refractivity contribution in [2.75, 3.05) is 11.9 Å². The van der Waals surface area contributed by atoms with Gasteiger partial charge in [0.05, 0.1) is 21.2 Å². The van der Waals surface area contributed by atoms with Crippen LogP contribution in [-0.4, -0.2) is 29.2 Å². The molecular formula is C17H11Cl2IN2O3. The van der Waals surface area contributed by atoms with Crippen LogP contribution in [0.25, 0.3) is 0 Å². The van der Waals surface area contributed by atoms with E-state index in [4.69, 9.17) is 23.2 Å². The fourth-order valence-electron chi connectivity index (χ4n) is 2.53. The number of anilines is 1. The lowest BCUT2D eigenvalue weighted by molar-refractivity contribution is -0.116. The summed E-state index contributed by atoms with van der Waals surface area (Å²) >= 11 is 14.0. The SMILES string of the molecule is Cc1cc(I)ccc1NC(=O)CN1C(=O)c2cc(Cl)c(Cl)cc2C1=O. The summed E-state index contributed by atoms with van der Waals surface area (Å²) in [5.41, 5.74) is 1.82. The molecule has 0 unspecified atom stereocenters. The molecule has 1 heterocycles. The van der Waals surface area contributed by atoms with Gasteiger partial charge in [-0.1, -0.05) is 23.2 Å². The average molecular weight is 489 g/mol. The molecule has 0 atom stereocenters. The van der Waals surface area contributed by atoms with Gasteiger partial charge in [0.2, 0.25) is 5.91 Å². The van der Waals surface area contributed by atoms with Crippen molar-refractivity contribution >= 4 is 69.2 Å². The standard InChI is InChI=1S/C17H11Cl2IN2O3/c1-8-4-9(20)2-3-14(8)21-15(23)7-22-16(24)10-5-12(18)13(19)6-11(10)17(22)25/h2-6H,7H2,1H3,(H,21,23). The van der Waals surface area contributed by atoms with Crippen LogP contribution in [0.2, 0.25) is 10.0 Å². The Bertz CT molecular complexity index is 889. The summed E-state index contributed by atoms with van der Waals surface area (Å²) in [4.78, 5) is 37.9. The molecule has 2 aromatic rings. The third kappa shape index (κ3) is 3.51. The number of hydrogen-bond donors (Lipinski definition) is 1. The van der Waals surface area contributed by atoms with E-state index in [1.807, 2.05) is 19.1 Å². The summed E-state index contributed by atoms with van der Waals surface area (Å²) in [6.45, 7) is 1.48. The van der Waals surface area contributed by atoms with Crippen molar-refractivity contribution in [2.24, 2.45) is 0 Å². The summed E-state index contributed by atoms with van der Waals surface area (Å²) < 4.78 is 1.04.